The molecule has 5 atom stereocenters. The van der Waals surface area contributed by atoms with E-state index in [4.69, 9.17) is 21.1 Å². The molecule has 3 aliphatic rings. The van der Waals surface area contributed by atoms with Crippen molar-refractivity contribution in [3.63, 3.8) is 0 Å². The van der Waals surface area contributed by atoms with Crippen LogP contribution in [0.15, 0.2) is 54.7 Å². The molecule has 0 spiro atoms. The summed E-state index contributed by atoms with van der Waals surface area (Å²) < 4.78 is 27.5. The van der Waals surface area contributed by atoms with Gasteiger partial charge in [-0.05, 0) is 65.4 Å². The van der Waals surface area contributed by atoms with Crippen LogP contribution in [0.5, 0.6) is 5.75 Å². The summed E-state index contributed by atoms with van der Waals surface area (Å²) in [5.41, 5.74) is 1.89. The van der Waals surface area contributed by atoms with Gasteiger partial charge < -0.3 is 9.47 Å². The average Bonchev–Trinajstić information content (AvgIpc) is 2.86. The number of halogens is 2. The lowest BCUT2D eigenvalue weighted by atomic mass is 9.72. The smallest absolute Gasteiger partial charge is 0.338 e. The summed E-state index contributed by atoms with van der Waals surface area (Å²) in [4.78, 5) is 17.7. The zero-order chi connectivity index (χ0) is 23.9. The molecule has 178 valence electrons. The standard InChI is InChI=1S/C27H29ClFN2O3/c1-3-17-16-31(29)13-11-19(17)14-25(31)26(34-27(32)18-4-6-20(28)7-5-18)22-10-12-30-24-9-8-21(33-2)15-23(22)24/h4-10,12,15,17,19,25-26H,3,11,13-14,16H2,1-2H3/q+1/t17-,19-,25+,26-,31?/m0/s1. The number of ether oxygens (including phenoxy) is 2. The third kappa shape index (κ3) is 4.14. The first-order valence-corrected chi connectivity index (χ1v) is 12.2. The Bertz CT molecular complexity index is 1200. The number of aromatic nitrogens is 1. The first-order chi connectivity index (χ1) is 16.4. The molecule has 6 rings (SSSR count). The zero-order valence-corrected chi connectivity index (χ0v) is 20.2. The summed E-state index contributed by atoms with van der Waals surface area (Å²) in [6.07, 6.45) is 3.45. The molecule has 7 heteroatoms. The Morgan fingerprint density at radius 1 is 1.24 bits per heavy atom. The number of benzene rings is 2. The van der Waals surface area contributed by atoms with Crippen molar-refractivity contribution in [1.29, 1.82) is 0 Å². The summed E-state index contributed by atoms with van der Waals surface area (Å²) in [7, 11) is 1.60. The highest BCUT2D eigenvalue weighted by molar-refractivity contribution is 6.30. The number of nitrogens with zero attached hydrogens (tertiary/aromatic N) is 2. The number of carbonyl (C=O) groups is 1. The Hall–Kier alpha value is -2.70. The molecule has 0 amide bonds. The Morgan fingerprint density at radius 2 is 2.03 bits per heavy atom. The molecule has 2 bridgehead atoms. The fourth-order valence-corrected chi connectivity index (χ4v) is 5.95. The van der Waals surface area contributed by atoms with Gasteiger partial charge in [-0.25, -0.2) is 4.79 Å². The summed E-state index contributed by atoms with van der Waals surface area (Å²) in [6, 6.07) is 13.5. The van der Waals surface area contributed by atoms with Crippen LogP contribution >= 0.6 is 11.6 Å². The van der Waals surface area contributed by atoms with Crippen LogP contribution in [-0.2, 0) is 4.74 Å². The van der Waals surface area contributed by atoms with Crippen LogP contribution in [0.2, 0.25) is 5.02 Å². The van der Waals surface area contributed by atoms with Gasteiger partial charge in [0.05, 0.1) is 18.2 Å². The maximum atomic E-state index is 16.5. The van der Waals surface area contributed by atoms with Gasteiger partial charge in [0.15, 0.2) is 12.1 Å². The average molecular weight is 484 g/mol. The molecule has 0 aliphatic carbocycles. The fourth-order valence-electron chi connectivity index (χ4n) is 5.83. The number of esters is 1. The fraction of sp³-hybridized carbons (Fsp3) is 0.407. The van der Waals surface area contributed by atoms with Crippen LogP contribution in [-0.4, -0.2) is 41.9 Å². The number of hydrogen-bond donors (Lipinski definition) is 0. The minimum Gasteiger partial charge on any atom is -0.497 e. The molecule has 0 saturated carbocycles. The second-order valence-corrected chi connectivity index (χ2v) is 9.90. The third-order valence-corrected chi connectivity index (χ3v) is 7.94. The van der Waals surface area contributed by atoms with Crippen molar-refractivity contribution in [2.75, 3.05) is 20.2 Å². The summed E-state index contributed by atoms with van der Waals surface area (Å²) in [6.45, 7) is 3.05. The van der Waals surface area contributed by atoms with E-state index in [0.717, 1.165) is 29.3 Å². The van der Waals surface area contributed by atoms with Gasteiger partial charge in [0, 0.05) is 40.9 Å². The molecular weight excluding hydrogens is 455 g/mol. The van der Waals surface area contributed by atoms with E-state index in [0.29, 0.717) is 47.7 Å². The number of carbonyl (C=O) groups excluding carboxylic acids is 1. The molecule has 2 aromatic carbocycles. The second-order valence-electron chi connectivity index (χ2n) is 9.47. The van der Waals surface area contributed by atoms with Gasteiger partial charge in [0.1, 0.15) is 18.8 Å². The lowest BCUT2D eigenvalue weighted by Gasteiger charge is -2.51. The highest BCUT2D eigenvalue weighted by Gasteiger charge is 2.57. The molecule has 1 aromatic heterocycles. The van der Waals surface area contributed by atoms with Crippen molar-refractivity contribution in [3.8, 4) is 5.75 Å². The first-order valence-electron chi connectivity index (χ1n) is 11.9. The van der Waals surface area contributed by atoms with Gasteiger partial charge >= 0.3 is 5.97 Å². The summed E-state index contributed by atoms with van der Waals surface area (Å²) in [5.74, 6) is 0.975. The van der Waals surface area contributed by atoms with Gasteiger partial charge in [-0.2, -0.15) is 0 Å². The number of pyridine rings is 1. The summed E-state index contributed by atoms with van der Waals surface area (Å²) >= 11 is 6.00. The molecule has 5 nitrogen and oxygen atoms in total. The molecule has 4 heterocycles. The Kier molecular flexibility index (Phi) is 6.21. The van der Waals surface area contributed by atoms with Crippen LogP contribution in [0.25, 0.3) is 10.9 Å². The highest BCUT2D eigenvalue weighted by Crippen LogP contribution is 2.49. The van der Waals surface area contributed by atoms with Crippen molar-refractivity contribution in [2.45, 2.75) is 38.3 Å². The zero-order valence-electron chi connectivity index (χ0n) is 19.4. The van der Waals surface area contributed by atoms with Gasteiger partial charge in [-0.15, -0.1) is 4.71 Å². The number of hydrogen-bond acceptors (Lipinski definition) is 4. The van der Waals surface area contributed by atoms with E-state index in [9.17, 15) is 4.79 Å². The van der Waals surface area contributed by atoms with Crippen LogP contribution < -0.4 is 4.74 Å². The Labute approximate surface area is 204 Å². The lowest BCUT2D eigenvalue weighted by Crippen LogP contribution is -2.64. The van der Waals surface area contributed by atoms with Gasteiger partial charge in [-0.1, -0.05) is 18.5 Å². The predicted molar refractivity (Wildman–Crippen MR) is 129 cm³/mol. The van der Waals surface area contributed by atoms with Crippen molar-refractivity contribution < 1.29 is 23.5 Å². The molecule has 3 fully saturated rings. The van der Waals surface area contributed by atoms with E-state index in [2.05, 4.69) is 11.9 Å². The highest BCUT2D eigenvalue weighted by atomic mass is 35.5. The second kappa shape index (κ2) is 9.16. The third-order valence-electron chi connectivity index (χ3n) is 7.69. The van der Waals surface area contributed by atoms with E-state index in [1.54, 1.807) is 37.6 Å². The predicted octanol–water partition coefficient (Wildman–Crippen LogP) is 6.31. The largest absolute Gasteiger partial charge is 0.497 e. The maximum Gasteiger partial charge on any atom is 0.338 e. The lowest BCUT2D eigenvalue weighted by molar-refractivity contribution is -1.09. The normalized spacial score (nSPS) is 26.9. The van der Waals surface area contributed by atoms with Crippen molar-refractivity contribution in [2.24, 2.45) is 11.8 Å². The molecule has 0 radical (unpaired) electrons. The number of quaternary nitrogens is 1. The minimum atomic E-state index is -0.758. The van der Waals surface area contributed by atoms with Crippen LogP contribution in [0.4, 0.5) is 4.48 Å². The van der Waals surface area contributed by atoms with E-state index in [1.165, 1.54) is 0 Å². The van der Waals surface area contributed by atoms with Crippen molar-refractivity contribution in [1.82, 2.24) is 4.98 Å². The van der Waals surface area contributed by atoms with E-state index < -0.39 is 22.8 Å². The van der Waals surface area contributed by atoms with E-state index in [-0.39, 0.29) is 0 Å². The maximum absolute atomic E-state index is 16.5. The monoisotopic (exact) mass is 483 g/mol. The molecule has 3 aliphatic heterocycles. The van der Waals surface area contributed by atoms with Crippen molar-refractivity contribution in [3.05, 3.63) is 70.9 Å². The quantitative estimate of drug-likeness (QED) is 0.304. The van der Waals surface area contributed by atoms with Crippen LogP contribution in [0.3, 0.4) is 0 Å². The number of rotatable bonds is 6. The molecule has 3 aromatic rings. The molecule has 3 saturated heterocycles. The number of fused-ring (bicyclic) bond motifs is 4. The van der Waals surface area contributed by atoms with E-state index >= 15 is 4.48 Å². The number of piperidine rings is 3. The Balaban J connectivity index is 1.59. The topological polar surface area (TPSA) is 48.4 Å². The molecule has 0 N–H and O–H groups in total. The minimum absolute atomic E-state index is 0.358. The summed E-state index contributed by atoms with van der Waals surface area (Å²) in [5, 5.41) is 1.34. The number of methoxy groups -OCH3 is 1. The Morgan fingerprint density at radius 3 is 2.74 bits per heavy atom. The molecule has 1 unspecified atom stereocenters. The van der Waals surface area contributed by atoms with Gasteiger partial charge in [0.25, 0.3) is 0 Å². The van der Waals surface area contributed by atoms with Crippen LogP contribution in [0, 0.1) is 11.8 Å². The van der Waals surface area contributed by atoms with Crippen molar-refractivity contribution >= 4 is 28.5 Å². The van der Waals surface area contributed by atoms with Crippen LogP contribution in [0.1, 0.15) is 48.2 Å². The first kappa shape index (κ1) is 23.1. The SMILES string of the molecule is CC[C@H]1C[N+]2(F)CC[C@H]1C[C@@H]2[C@@H](OC(=O)c1ccc(Cl)cc1)c1ccnc2ccc(OC)cc12. The van der Waals surface area contributed by atoms with Gasteiger partial charge in [0.2, 0.25) is 0 Å². The molecule has 34 heavy (non-hydrogen) atoms. The van der Waals surface area contributed by atoms with Gasteiger partial charge in [-0.3, -0.25) is 4.98 Å². The van der Waals surface area contributed by atoms with E-state index in [1.807, 2.05) is 24.3 Å². The molecular formula is C27H29ClFN2O3+.